The van der Waals surface area contributed by atoms with Crippen LogP contribution in [0.5, 0.6) is 0 Å². The van der Waals surface area contributed by atoms with Gasteiger partial charge in [0.25, 0.3) is 5.56 Å². The van der Waals surface area contributed by atoms with Gasteiger partial charge >= 0.3 is 0 Å². The van der Waals surface area contributed by atoms with Crippen molar-refractivity contribution < 1.29 is 0 Å². The van der Waals surface area contributed by atoms with Crippen LogP contribution >= 0.6 is 11.3 Å². The van der Waals surface area contributed by atoms with Gasteiger partial charge in [-0.1, -0.05) is 6.92 Å². The van der Waals surface area contributed by atoms with Gasteiger partial charge in [-0.2, -0.15) is 5.26 Å². The van der Waals surface area contributed by atoms with E-state index in [9.17, 15) is 4.79 Å². The Kier molecular flexibility index (Phi) is 5.75. The van der Waals surface area contributed by atoms with E-state index in [2.05, 4.69) is 34.7 Å². The number of thiophene rings is 1. The number of benzene rings is 1. The van der Waals surface area contributed by atoms with Crippen LogP contribution in [0.25, 0.3) is 10.2 Å². The Labute approximate surface area is 192 Å². The van der Waals surface area contributed by atoms with Crippen LogP contribution in [0.4, 0.5) is 5.69 Å². The number of aromatic amines is 1. The summed E-state index contributed by atoms with van der Waals surface area (Å²) >= 11 is 1.72. The number of anilines is 1. The molecule has 0 radical (unpaired) electrons. The van der Waals surface area contributed by atoms with E-state index in [1.165, 1.54) is 10.4 Å². The number of aryl methyl sites for hydroxylation is 1. The van der Waals surface area contributed by atoms with Crippen molar-refractivity contribution in [2.45, 2.75) is 45.6 Å². The molecule has 0 saturated carbocycles. The number of nitriles is 1. The smallest absolute Gasteiger partial charge is 0.259 e. The molecule has 2 atom stereocenters. The lowest BCUT2D eigenvalue weighted by Gasteiger charge is -2.27. The van der Waals surface area contributed by atoms with Crippen molar-refractivity contribution in [2.75, 3.05) is 31.1 Å². The van der Waals surface area contributed by atoms with Crippen molar-refractivity contribution in [3.8, 4) is 6.07 Å². The molecule has 2 unspecified atom stereocenters. The quantitative estimate of drug-likeness (QED) is 0.649. The highest BCUT2D eigenvalue weighted by molar-refractivity contribution is 7.18. The lowest BCUT2D eigenvalue weighted by atomic mass is 9.89. The van der Waals surface area contributed by atoms with Gasteiger partial charge in [0.2, 0.25) is 0 Å². The third kappa shape index (κ3) is 3.94. The lowest BCUT2D eigenvalue weighted by Crippen LogP contribution is -2.34. The second-order valence-electron chi connectivity index (χ2n) is 9.19. The van der Waals surface area contributed by atoms with Gasteiger partial charge in [-0.25, -0.2) is 4.98 Å². The molecule has 2 aromatic heterocycles. The molecule has 3 heterocycles. The van der Waals surface area contributed by atoms with Crippen molar-refractivity contribution in [3.63, 3.8) is 0 Å². The molecule has 1 saturated heterocycles. The average Bonchev–Trinajstić information content (AvgIpc) is 2.99. The Hall–Kier alpha value is -2.69. The van der Waals surface area contributed by atoms with Gasteiger partial charge in [-0.3, -0.25) is 9.69 Å². The van der Waals surface area contributed by atoms with E-state index < -0.39 is 0 Å². The zero-order chi connectivity index (χ0) is 22.2. The Morgan fingerprint density at radius 3 is 2.81 bits per heavy atom. The summed E-state index contributed by atoms with van der Waals surface area (Å²) in [5.74, 6) is 1.46. The van der Waals surface area contributed by atoms with Gasteiger partial charge < -0.3 is 9.88 Å². The molecule has 0 spiro atoms. The minimum atomic E-state index is 0.0259. The van der Waals surface area contributed by atoms with E-state index in [1.807, 2.05) is 24.3 Å². The number of hydrogen-bond acceptors (Lipinski definition) is 6. The van der Waals surface area contributed by atoms with Crippen LogP contribution in [0.1, 0.15) is 54.6 Å². The molecular weight excluding hydrogens is 418 g/mol. The molecule has 6 nitrogen and oxygen atoms in total. The number of rotatable bonds is 3. The van der Waals surface area contributed by atoms with Crippen LogP contribution < -0.4 is 10.5 Å². The van der Waals surface area contributed by atoms with Crippen molar-refractivity contribution in [2.24, 2.45) is 5.92 Å². The molecule has 2 aliphatic rings. The highest BCUT2D eigenvalue weighted by Crippen LogP contribution is 2.36. The van der Waals surface area contributed by atoms with Crippen LogP contribution in [-0.2, 0) is 12.8 Å². The highest BCUT2D eigenvalue weighted by Gasteiger charge is 2.26. The van der Waals surface area contributed by atoms with Crippen LogP contribution in [-0.4, -0.2) is 41.0 Å². The predicted molar refractivity (Wildman–Crippen MR) is 129 cm³/mol. The van der Waals surface area contributed by atoms with Crippen molar-refractivity contribution in [1.29, 1.82) is 5.26 Å². The molecule has 1 aliphatic heterocycles. The molecule has 0 amide bonds. The fraction of sp³-hybridized carbons (Fsp3) is 0.480. The summed E-state index contributed by atoms with van der Waals surface area (Å²) in [5.41, 5.74) is 3.11. The number of nitrogens with one attached hydrogen (secondary N) is 1. The van der Waals surface area contributed by atoms with E-state index in [0.29, 0.717) is 11.5 Å². The number of fused-ring (bicyclic) bond motifs is 3. The minimum absolute atomic E-state index is 0.0259. The average molecular weight is 448 g/mol. The summed E-state index contributed by atoms with van der Waals surface area (Å²) in [7, 11) is 0. The molecule has 32 heavy (non-hydrogen) atoms. The van der Waals surface area contributed by atoms with Crippen LogP contribution in [0, 0.1) is 17.2 Å². The molecule has 1 aliphatic carbocycles. The first-order valence-corrected chi connectivity index (χ1v) is 12.4. The number of nitrogens with zero attached hydrogens (tertiary/aromatic N) is 4. The lowest BCUT2D eigenvalue weighted by molar-refractivity contribution is 0.218. The summed E-state index contributed by atoms with van der Waals surface area (Å²) < 4.78 is 0. The maximum atomic E-state index is 13.0. The molecule has 166 valence electrons. The second kappa shape index (κ2) is 8.68. The van der Waals surface area contributed by atoms with Gasteiger partial charge in [-0.05, 0) is 68.4 Å². The molecule has 0 bridgehead atoms. The summed E-state index contributed by atoms with van der Waals surface area (Å²) in [6.07, 6.45) is 4.26. The van der Waals surface area contributed by atoms with E-state index in [-0.39, 0.29) is 11.6 Å². The van der Waals surface area contributed by atoms with Gasteiger partial charge in [0.05, 0.1) is 23.1 Å². The third-order valence-electron chi connectivity index (χ3n) is 7.02. The summed E-state index contributed by atoms with van der Waals surface area (Å²) in [6, 6.07) is 10.1. The number of aromatic nitrogens is 2. The normalized spacial score (nSPS) is 20.5. The Morgan fingerprint density at radius 1 is 1.22 bits per heavy atom. The molecule has 1 aromatic carbocycles. The van der Waals surface area contributed by atoms with Crippen LogP contribution in [0.15, 0.2) is 29.1 Å². The molecule has 5 rings (SSSR count). The van der Waals surface area contributed by atoms with Crippen molar-refractivity contribution >= 4 is 27.2 Å². The van der Waals surface area contributed by atoms with Gasteiger partial charge in [0.1, 0.15) is 10.7 Å². The van der Waals surface area contributed by atoms with Gasteiger partial charge in [0, 0.05) is 36.7 Å². The SMILES string of the molecule is CC1CCc2c(sc3nc(C(C)N4CCCN(c5ccc(C#N)cc5)CC4)[nH]c(=O)c23)C1. The monoisotopic (exact) mass is 447 g/mol. The molecule has 1 fully saturated rings. The Bertz CT molecular complexity index is 1220. The van der Waals surface area contributed by atoms with Crippen LogP contribution in [0.2, 0.25) is 0 Å². The standard InChI is InChI=1S/C25H29N5OS/c1-16-4-9-20-21(14-16)32-25-22(20)24(31)27-23(28-25)17(2)29-10-3-11-30(13-12-29)19-7-5-18(15-26)6-8-19/h5-8,16-17H,3-4,9-14H2,1-2H3,(H,27,28,31). The minimum Gasteiger partial charge on any atom is -0.370 e. The van der Waals surface area contributed by atoms with Crippen molar-refractivity contribution in [3.05, 3.63) is 56.4 Å². The fourth-order valence-electron chi connectivity index (χ4n) is 5.07. The largest absolute Gasteiger partial charge is 0.370 e. The topological polar surface area (TPSA) is 76.0 Å². The maximum Gasteiger partial charge on any atom is 0.259 e. The zero-order valence-corrected chi connectivity index (χ0v) is 19.5. The van der Waals surface area contributed by atoms with Gasteiger partial charge in [-0.15, -0.1) is 11.3 Å². The number of H-pyrrole nitrogens is 1. The van der Waals surface area contributed by atoms with Crippen LogP contribution in [0.3, 0.4) is 0 Å². The number of hydrogen-bond donors (Lipinski definition) is 1. The second-order valence-corrected chi connectivity index (χ2v) is 10.3. The third-order valence-corrected chi connectivity index (χ3v) is 8.17. The highest BCUT2D eigenvalue weighted by atomic mass is 32.1. The maximum absolute atomic E-state index is 13.0. The molecule has 7 heteroatoms. The summed E-state index contributed by atoms with van der Waals surface area (Å²) in [6.45, 7) is 8.20. The fourth-order valence-corrected chi connectivity index (χ4v) is 6.46. The van der Waals surface area contributed by atoms with Gasteiger partial charge in [0.15, 0.2) is 0 Å². The first kappa shape index (κ1) is 21.2. The molecule has 1 N–H and O–H groups in total. The molecular formula is C25H29N5OS. The van der Waals surface area contributed by atoms with Crippen molar-refractivity contribution in [1.82, 2.24) is 14.9 Å². The van der Waals surface area contributed by atoms with E-state index >= 15 is 0 Å². The first-order chi connectivity index (χ1) is 15.5. The van der Waals surface area contributed by atoms with E-state index in [1.54, 1.807) is 11.3 Å². The Balaban J connectivity index is 1.35. The van der Waals surface area contributed by atoms with E-state index in [0.717, 1.165) is 73.6 Å². The predicted octanol–water partition coefficient (Wildman–Crippen LogP) is 4.25. The summed E-state index contributed by atoms with van der Waals surface area (Å²) in [5, 5.41) is 9.86. The van der Waals surface area contributed by atoms with E-state index in [4.69, 9.17) is 10.2 Å². The Morgan fingerprint density at radius 2 is 2.03 bits per heavy atom. The first-order valence-electron chi connectivity index (χ1n) is 11.6. The zero-order valence-electron chi connectivity index (χ0n) is 18.7. The molecule has 3 aromatic rings. The summed E-state index contributed by atoms with van der Waals surface area (Å²) in [4.78, 5) is 28.1.